The maximum Gasteiger partial charge on any atom is 0.255 e. The minimum atomic E-state index is -0.613. The number of fused-ring (bicyclic) bond motifs is 2. The van der Waals surface area contributed by atoms with Gasteiger partial charge in [-0.3, -0.25) is 9.59 Å². The molecule has 0 radical (unpaired) electrons. The van der Waals surface area contributed by atoms with E-state index in [2.05, 4.69) is 24.9 Å². The number of benzene rings is 3. The molecule has 1 fully saturated rings. The van der Waals surface area contributed by atoms with Gasteiger partial charge in [0.05, 0.1) is 11.7 Å². The third-order valence-corrected chi connectivity index (χ3v) is 8.32. The molecule has 2 atom stereocenters. The van der Waals surface area contributed by atoms with Gasteiger partial charge in [-0.2, -0.15) is 0 Å². The first-order valence-corrected chi connectivity index (χ1v) is 14.1. The Hall–Kier alpha value is -4.13. The molecule has 7 heteroatoms. The number of nitrogens with zero attached hydrogens (tertiary/aromatic N) is 3. The molecule has 0 aliphatic carbocycles. The van der Waals surface area contributed by atoms with E-state index in [1.165, 1.54) is 6.07 Å². The van der Waals surface area contributed by atoms with Crippen LogP contribution in [0, 0.1) is 18.7 Å². The molecule has 6 rings (SSSR count). The lowest BCUT2D eigenvalue weighted by Gasteiger charge is -2.41. The zero-order chi connectivity index (χ0) is 28.0. The van der Waals surface area contributed by atoms with E-state index in [-0.39, 0.29) is 29.6 Å². The summed E-state index contributed by atoms with van der Waals surface area (Å²) in [5.74, 6) is -0.188. The summed E-state index contributed by atoms with van der Waals surface area (Å²) in [7, 11) is 0. The highest BCUT2D eigenvalue weighted by Gasteiger charge is 2.46. The summed E-state index contributed by atoms with van der Waals surface area (Å²) >= 11 is 0. The number of piperazine rings is 1. The fraction of sp³-hybridized carbons (Fsp3) is 0.333. The molecular formula is C33H35FN4O2. The number of aromatic nitrogens is 1. The van der Waals surface area contributed by atoms with Gasteiger partial charge in [-0.15, -0.1) is 0 Å². The average Bonchev–Trinajstić information content (AvgIpc) is 3.44. The highest BCUT2D eigenvalue weighted by atomic mass is 19.1. The number of amides is 2. The fourth-order valence-electron chi connectivity index (χ4n) is 6.47. The SMILES string of the molecule is Cc1[nH]c2ccccc2c1C1c2ccccc2C(=O)N1C(CC(C)C)C(=O)N1CCN(c2ccccc2F)CC1. The second-order valence-electron chi connectivity index (χ2n) is 11.3. The molecule has 2 aliphatic rings. The molecule has 40 heavy (non-hydrogen) atoms. The number of carbonyl (C=O) groups is 2. The minimum absolute atomic E-state index is 0.0365. The van der Waals surface area contributed by atoms with Crippen molar-refractivity contribution in [2.45, 2.75) is 39.3 Å². The molecule has 2 aliphatic heterocycles. The molecule has 3 aromatic carbocycles. The van der Waals surface area contributed by atoms with Crippen molar-refractivity contribution in [3.8, 4) is 0 Å². The summed E-state index contributed by atoms with van der Waals surface area (Å²) in [5.41, 5.74) is 5.21. The van der Waals surface area contributed by atoms with Crippen LogP contribution in [-0.4, -0.2) is 58.8 Å². The van der Waals surface area contributed by atoms with Gasteiger partial charge in [0.25, 0.3) is 5.91 Å². The quantitative estimate of drug-likeness (QED) is 0.331. The molecule has 0 bridgehead atoms. The van der Waals surface area contributed by atoms with Crippen molar-refractivity contribution in [1.29, 1.82) is 0 Å². The molecule has 2 unspecified atom stereocenters. The minimum Gasteiger partial charge on any atom is -0.366 e. The van der Waals surface area contributed by atoms with E-state index in [0.29, 0.717) is 43.9 Å². The highest BCUT2D eigenvalue weighted by molar-refractivity contribution is 6.03. The third-order valence-electron chi connectivity index (χ3n) is 8.32. The van der Waals surface area contributed by atoms with Crippen molar-refractivity contribution in [1.82, 2.24) is 14.8 Å². The van der Waals surface area contributed by atoms with Crippen LogP contribution < -0.4 is 4.90 Å². The van der Waals surface area contributed by atoms with Crippen molar-refractivity contribution in [2.24, 2.45) is 5.92 Å². The maximum atomic E-state index is 14.4. The van der Waals surface area contributed by atoms with Crippen molar-refractivity contribution in [2.75, 3.05) is 31.1 Å². The largest absolute Gasteiger partial charge is 0.366 e. The number of nitrogens with one attached hydrogen (secondary N) is 1. The summed E-state index contributed by atoms with van der Waals surface area (Å²) in [5, 5.41) is 1.06. The van der Waals surface area contributed by atoms with Crippen molar-refractivity contribution in [3.05, 3.63) is 101 Å². The zero-order valence-electron chi connectivity index (χ0n) is 23.2. The summed E-state index contributed by atoms with van der Waals surface area (Å²) in [4.78, 5) is 37.6. The molecular weight excluding hydrogens is 503 g/mol. The molecule has 206 valence electrons. The Bertz CT molecular complexity index is 1570. The number of para-hydroxylation sites is 2. The number of H-pyrrole nitrogens is 1. The highest BCUT2D eigenvalue weighted by Crippen LogP contribution is 2.44. The summed E-state index contributed by atoms with van der Waals surface area (Å²) in [6.45, 7) is 8.27. The van der Waals surface area contributed by atoms with Crippen molar-refractivity contribution >= 4 is 28.4 Å². The first-order chi connectivity index (χ1) is 19.3. The Morgan fingerprint density at radius 2 is 1.62 bits per heavy atom. The van der Waals surface area contributed by atoms with Crippen molar-refractivity contribution in [3.63, 3.8) is 0 Å². The molecule has 1 aromatic heterocycles. The van der Waals surface area contributed by atoms with Gasteiger partial charge in [-0.1, -0.05) is 62.4 Å². The van der Waals surface area contributed by atoms with Crippen LogP contribution in [0.3, 0.4) is 0 Å². The summed E-state index contributed by atoms with van der Waals surface area (Å²) in [6, 6.07) is 21.7. The van der Waals surface area contributed by atoms with E-state index < -0.39 is 6.04 Å². The van der Waals surface area contributed by atoms with Gasteiger partial charge in [0.2, 0.25) is 5.91 Å². The van der Waals surface area contributed by atoms with Gasteiger partial charge in [0.1, 0.15) is 11.9 Å². The van der Waals surface area contributed by atoms with Gasteiger partial charge in [0.15, 0.2) is 0 Å². The van der Waals surface area contributed by atoms with Gasteiger partial charge >= 0.3 is 0 Å². The van der Waals surface area contributed by atoms with Crippen molar-refractivity contribution < 1.29 is 14.0 Å². The van der Waals surface area contributed by atoms with Gasteiger partial charge in [-0.05, 0) is 49.1 Å². The smallest absolute Gasteiger partial charge is 0.255 e. The average molecular weight is 539 g/mol. The lowest BCUT2D eigenvalue weighted by molar-refractivity contribution is -0.137. The van der Waals surface area contributed by atoms with Crippen LogP contribution in [0.1, 0.15) is 53.5 Å². The predicted molar refractivity (Wildman–Crippen MR) is 156 cm³/mol. The van der Waals surface area contributed by atoms with Gasteiger partial charge in [-0.25, -0.2) is 4.39 Å². The molecule has 3 heterocycles. The Kier molecular flexibility index (Phi) is 6.82. The summed E-state index contributed by atoms with van der Waals surface area (Å²) in [6.07, 6.45) is 0.560. The van der Waals surface area contributed by atoms with Crippen LogP contribution in [0.2, 0.25) is 0 Å². The van der Waals surface area contributed by atoms with Crippen LogP contribution in [0.15, 0.2) is 72.8 Å². The van der Waals surface area contributed by atoms with Crippen LogP contribution >= 0.6 is 0 Å². The number of rotatable bonds is 6. The maximum absolute atomic E-state index is 14.4. The van der Waals surface area contributed by atoms with Crippen LogP contribution in [0.25, 0.3) is 10.9 Å². The lowest BCUT2D eigenvalue weighted by Crippen LogP contribution is -2.56. The van der Waals surface area contributed by atoms with Gasteiger partial charge in [0, 0.05) is 53.9 Å². The second kappa shape index (κ2) is 10.5. The number of aryl methyl sites for hydroxylation is 1. The number of aromatic amines is 1. The summed E-state index contributed by atoms with van der Waals surface area (Å²) < 4.78 is 14.4. The third kappa shape index (κ3) is 4.43. The predicted octanol–water partition coefficient (Wildman–Crippen LogP) is 5.92. The zero-order valence-corrected chi connectivity index (χ0v) is 23.2. The number of hydrogen-bond donors (Lipinski definition) is 1. The molecule has 1 saturated heterocycles. The fourth-order valence-corrected chi connectivity index (χ4v) is 6.47. The number of anilines is 1. The Morgan fingerprint density at radius 1 is 0.950 bits per heavy atom. The van der Waals surface area contributed by atoms with E-state index in [1.807, 2.05) is 70.2 Å². The number of carbonyl (C=O) groups excluding carboxylic acids is 2. The standard InChI is InChI=1S/C33H35FN4O2/c1-21(2)20-29(33(40)37-18-16-36(17-19-37)28-15-9-7-13-26(28)34)38-31(23-10-4-5-11-24(23)32(38)39)30-22(3)35-27-14-8-6-12-25(27)30/h4-15,21,29,31,35H,16-20H2,1-3H3. The molecule has 0 spiro atoms. The Morgan fingerprint density at radius 3 is 2.38 bits per heavy atom. The van der Waals surface area contributed by atoms with Crippen LogP contribution in [0.4, 0.5) is 10.1 Å². The number of hydrogen-bond acceptors (Lipinski definition) is 3. The topological polar surface area (TPSA) is 59.7 Å². The van der Waals surface area contributed by atoms with E-state index in [1.54, 1.807) is 12.1 Å². The molecule has 2 amide bonds. The van der Waals surface area contributed by atoms with E-state index >= 15 is 0 Å². The Balaban J connectivity index is 1.36. The van der Waals surface area contributed by atoms with Crippen LogP contribution in [-0.2, 0) is 4.79 Å². The van der Waals surface area contributed by atoms with E-state index in [4.69, 9.17) is 0 Å². The normalized spacial score (nSPS) is 18.1. The molecule has 1 N–H and O–H groups in total. The monoisotopic (exact) mass is 538 g/mol. The second-order valence-corrected chi connectivity index (χ2v) is 11.3. The Labute approximate surface area is 234 Å². The number of halogens is 1. The van der Waals surface area contributed by atoms with Crippen LogP contribution in [0.5, 0.6) is 0 Å². The van der Waals surface area contributed by atoms with E-state index in [0.717, 1.165) is 27.7 Å². The molecule has 4 aromatic rings. The first kappa shape index (κ1) is 26.1. The van der Waals surface area contributed by atoms with Gasteiger partial charge < -0.3 is 19.7 Å². The first-order valence-electron chi connectivity index (χ1n) is 14.1. The van der Waals surface area contributed by atoms with E-state index in [9.17, 15) is 14.0 Å². The molecule has 6 nitrogen and oxygen atoms in total. The lowest BCUT2D eigenvalue weighted by atomic mass is 9.93. The molecule has 0 saturated carbocycles.